The first-order chi connectivity index (χ1) is 12.1. The lowest BCUT2D eigenvalue weighted by Gasteiger charge is -2.27. The molecule has 25 heavy (non-hydrogen) atoms. The molecule has 1 N–H and O–H groups in total. The molecule has 3 rings (SSSR count). The molecule has 0 spiro atoms. The number of nitrogens with one attached hydrogen (secondary N) is 1. The summed E-state index contributed by atoms with van der Waals surface area (Å²) in [5, 5.41) is 13.7. The highest BCUT2D eigenvalue weighted by atomic mass is 19.1. The van der Waals surface area contributed by atoms with Gasteiger partial charge in [-0.3, -0.25) is 14.9 Å². The smallest absolute Gasteiger partial charge is 0.311 e. The fourth-order valence-corrected chi connectivity index (χ4v) is 2.48. The summed E-state index contributed by atoms with van der Waals surface area (Å²) >= 11 is 0. The topological polar surface area (TPSA) is 97.6 Å². The molecular weight excluding hydrogens is 331 g/mol. The van der Waals surface area contributed by atoms with Crippen molar-refractivity contribution in [1.82, 2.24) is 9.88 Å². The first-order valence-electron chi connectivity index (χ1n) is 7.59. The number of anilines is 2. The number of morpholine rings is 1. The molecule has 0 bridgehead atoms. The van der Waals surface area contributed by atoms with Gasteiger partial charge in [0.1, 0.15) is 5.82 Å². The zero-order valence-electron chi connectivity index (χ0n) is 13.1. The number of carbonyl (C=O) groups is 1. The molecule has 1 aromatic carbocycles. The van der Waals surface area contributed by atoms with E-state index in [1.807, 2.05) is 0 Å². The minimum Gasteiger partial charge on any atom is -0.378 e. The summed E-state index contributed by atoms with van der Waals surface area (Å²) in [4.78, 5) is 28.2. The second kappa shape index (κ2) is 7.22. The summed E-state index contributed by atoms with van der Waals surface area (Å²) in [6, 6.07) is 6.68. The van der Waals surface area contributed by atoms with Crippen LogP contribution in [0.3, 0.4) is 0 Å². The van der Waals surface area contributed by atoms with E-state index in [-0.39, 0.29) is 22.8 Å². The van der Waals surface area contributed by atoms with Crippen LogP contribution < -0.4 is 5.32 Å². The number of benzene rings is 1. The summed E-state index contributed by atoms with van der Waals surface area (Å²) < 4.78 is 19.5. The highest BCUT2D eigenvalue weighted by Gasteiger charge is 2.22. The van der Waals surface area contributed by atoms with Crippen molar-refractivity contribution in [3.63, 3.8) is 0 Å². The van der Waals surface area contributed by atoms with Crippen LogP contribution in [0.2, 0.25) is 0 Å². The Bertz CT molecular complexity index is 808. The number of hydrogen-bond donors (Lipinski definition) is 1. The third-order valence-electron chi connectivity index (χ3n) is 3.74. The first kappa shape index (κ1) is 16.8. The maximum absolute atomic E-state index is 14.3. The zero-order valence-corrected chi connectivity index (χ0v) is 13.1. The van der Waals surface area contributed by atoms with Crippen molar-refractivity contribution in [1.29, 1.82) is 0 Å². The molecular formula is C16H15FN4O4. The van der Waals surface area contributed by atoms with Gasteiger partial charge >= 0.3 is 5.69 Å². The SMILES string of the molecule is O=C(c1ccc(Nc2ncccc2[N+](=O)[O-])cc1F)N1CCOCC1. The summed E-state index contributed by atoms with van der Waals surface area (Å²) in [6.45, 7) is 1.68. The number of nitrogens with zero attached hydrogens (tertiary/aromatic N) is 3. The summed E-state index contributed by atoms with van der Waals surface area (Å²) in [5.41, 5.74) is -0.0165. The van der Waals surface area contributed by atoms with Crippen LogP contribution in [0.1, 0.15) is 10.4 Å². The standard InChI is InChI=1S/C16H15FN4O4/c17-13-10-11(19-15-14(21(23)24)2-1-5-18-15)3-4-12(13)16(22)20-6-8-25-9-7-20/h1-5,10H,6-9H2,(H,18,19). The minimum atomic E-state index is -0.708. The molecule has 1 amide bonds. The third kappa shape index (κ3) is 3.72. The predicted molar refractivity (Wildman–Crippen MR) is 87.3 cm³/mol. The van der Waals surface area contributed by atoms with Crippen molar-refractivity contribution in [3.8, 4) is 0 Å². The van der Waals surface area contributed by atoms with Crippen LogP contribution in [0.4, 0.5) is 21.6 Å². The number of rotatable bonds is 4. The van der Waals surface area contributed by atoms with Crippen molar-refractivity contribution < 1.29 is 18.8 Å². The first-order valence-corrected chi connectivity index (χ1v) is 7.59. The van der Waals surface area contributed by atoms with Crippen LogP contribution in [0.15, 0.2) is 36.5 Å². The summed E-state index contributed by atoms with van der Waals surface area (Å²) in [5.74, 6) is -1.12. The van der Waals surface area contributed by atoms with E-state index in [9.17, 15) is 19.3 Å². The Labute approximate surface area is 142 Å². The molecule has 9 heteroatoms. The predicted octanol–water partition coefficient (Wildman–Crippen LogP) is 2.34. The Hall–Kier alpha value is -3.07. The van der Waals surface area contributed by atoms with Crippen LogP contribution in [-0.2, 0) is 4.74 Å². The van der Waals surface area contributed by atoms with Gasteiger partial charge in [0.2, 0.25) is 5.82 Å². The normalized spacial score (nSPS) is 14.2. The van der Waals surface area contributed by atoms with Gasteiger partial charge < -0.3 is 15.0 Å². The van der Waals surface area contributed by atoms with Crippen molar-refractivity contribution in [2.24, 2.45) is 0 Å². The Morgan fingerprint density at radius 3 is 2.76 bits per heavy atom. The van der Waals surface area contributed by atoms with Crippen LogP contribution >= 0.6 is 0 Å². The van der Waals surface area contributed by atoms with Crippen LogP contribution in [0.5, 0.6) is 0 Å². The molecule has 0 saturated carbocycles. The van der Waals surface area contributed by atoms with Crippen LogP contribution in [0.25, 0.3) is 0 Å². The lowest BCUT2D eigenvalue weighted by Crippen LogP contribution is -2.41. The summed E-state index contributed by atoms with van der Waals surface area (Å²) in [6.07, 6.45) is 1.39. The van der Waals surface area contributed by atoms with Gasteiger partial charge in [-0.2, -0.15) is 0 Å². The van der Waals surface area contributed by atoms with Gasteiger partial charge in [-0.15, -0.1) is 0 Å². The van der Waals surface area contributed by atoms with Crippen molar-refractivity contribution in [3.05, 3.63) is 58.0 Å². The number of amides is 1. The average molecular weight is 346 g/mol. The Morgan fingerprint density at radius 1 is 1.32 bits per heavy atom. The molecule has 0 unspecified atom stereocenters. The second-order valence-corrected chi connectivity index (χ2v) is 5.35. The Morgan fingerprint density at radius 2 is 2.08 bits per heavy atom. The quantitative estimate of drug-likeness (QED) is 0.674. The number of nitro groups is 1. The molecule has 0 radical (unpaired) electrons. The molecule has 1 aliphatic rings. The molecule has 2 heterocycles. The van der Waals surface area contributed by atoms with E-state index < -0.39 is 16.6 Å². The van der Waals surface area contributed by atoms with Gasteiger partial charge in [-0.1, -0.05) is 0 Å². The zero-order chi connectivity index (χ0) is 17.8. The molecule has 8 nitrogen and oxygen atoms in total. The van der Waals surface area contributed by atoms with Gasteiger partial charge in [0, 0.05) is 31.0 Å². The number of aromatic nitrogens is 1. The summed E-state index contributed by atoms with van der Waals surface area (Å²) in [7, 11) is 0. The van der Waals surface area contributed by atoms with E-state index in [4.69, 9.17) is 4.74 Å². The maximum atomic E-state index is 14.3. The number of pyridine rings is 1. The molecule has 1 saturated heterocycles. The van der Waals surface area contributed by atoms with Gasteiger partial charge in [0.15, 0.2) is 0 Å². The molecule has 1 fully saturated rings. The Kier molecular flexibility index (Phi) is 4.85. The lowest BCUT2D eigenvalue weighted by atomic mass is 10.1. The second-order valence-electron chi connectivity index (χ2n) is 5.35. The van der Waals surface area contributed by atoms with E-state index in [0.29, 0.717) is 26.3 Å². The van der Waals surface area contributed by atoms with E-state index in [1.54, 1.807) is 0 Å². The molecule has 0 aliphatic carbocycles. The molecule has 130 valence electrons. The highest BCUT2D eigenvalue weighted by molar-refractivity contribution is 5.95. The monoisotopic (exact) mass is 346 g/mol. The van der Waals surface area contributed by atoms with Crippen molar-refractivity contribution in [2.75, 3.05) is 31.6 Å². The minimum absolute atomic E-state index is 0.000782. The fraction of sp³-hybridized carbons (Fsp3) is 0.250. The van der Waals surface area contributed by atoms with E-state index in [2.05, 4.69) is 10.3 Å². The van der Waals surface area contributed by atoms with Crippen LogP contribution in [0, 0.1) is 15.9 Å². The third-order valence-corrected chi connectivity index (χ3v) is 3.74. The maximum Gasteiger partial charge on any atom is 0.311 e. The van der Waals surface area contributed by atoms with Gasteiger partial charge in [0.25, 0.3) is 5.91 Å². The van der Waals surface area contributed by atoms with Crippen molar-refractivity contribution >= 4 is 23.1 Å². The molecule has 1 aromatic heterocycles. The number of halogens is 1. The highest BCUT2D eigenvalue weighted by Crippen LogP contribution is 2.26. The van der Waals surface area contributed by atoms with E-state index in [0.717, 1.165) is 6.07 Å². The average Bonchev–Trinajstić information content (AvgIpc) is 2.62. The lowest BCUT2D eigenvalue weighted by molar-refractivity contribution is -0.384. The fourth-order valence-electron chi connectivity index (χ4n) is 2.48. The molecule has 0 atom stereocenters. The van der Waals surface area contributed by atoms with Crippen LogP contribution in [-0.4, -0.2) is 47.0 Å². The largest absolute Gasteiger partial charge is 0.378 e. The number of hydrogen-bond acceptors (Lipinski definition) is 6. The van der Waals surface area contributed by atoms with Gasteiger partial charge in [-0.25, -0.2) is 9.37 Å². The van der Waals surface area contributed by atoms with Gasteiger partial charge in [-0.05, 0) is 24.3 Å². The number of ether oxygens (including phenoxy) is 1. The number of carbonyl (C=O) groups excluding carboxylic acids is 1. The van der Waals surface area contributed by atoms with Gasteiger partial charge in [0.05, 0.1) is 23.7 Å². The van der Waals surface area contributed by atoms with E-state index in [1.165, 1.54) is 35.4 Å². The van der Waals surface area contributed by atoms with Crippen molar-refractivity contribution in [2.45, 2.75) is 0 Å². The molecule has 1 aliphatic heterocycles. The Balaban J connectivity index is 1.80. The van der Waals surface area contributed by atoms with E-state index >= 15 is 0 Å². The molecule has 2 aromatic rings.